The summed E-state index contributed by atoms with van der Waals surface area (Å²) in [6, 6.07) is 10.8. The van der Waals surface area contributed by atoms with Crippen molar-refractivity contribution in [2.45, 2.75) is 18.0 Å². The van der Waals surface area contributed by atoms with E-state index in [2.05, 4.69) is 26.2 Å². The van der Waals surface area contributed by atoms with Crippen LogP contribution in [0.3, 0.4) is 0 Å². The van der Waals surface area contributed by atoms with E-state index < -0.39 is 5.97 Å². The number of rotatable bonds is 6. The van der Waals surface area contributed by atoms with Gasteiger partial charge in [-0.15, -0.1) is 11.8 Å². The zero-order chi connectivity index (χ0) is 17.5. The number of carbonyl (C=O) groups is 2. The van der Waals surface area contributed by atoms with Crippen molar-refractivity contribution < 1.29 is 14.3 Å². The van der Waals surface area contributed by atoms with Gasteiger partial charge in [-0.2, -0.15) is 0 Å². The number of thioether (sulfide) groups is 1. The highest BCUT2D eigenvalue weighted by Gasteiger charge is 2.16. The van der Waals surface area contributed by atoms with Crippen LogP contribution in [-0.2, 0) is 9.53 Å². The molecule has 0 spiro atoms. The summed E-state index contributed by atoms with van der Waals surface area (Å²) in [6.07, 6.45) is 3.43. The van der Waals surface area contributed by atoms with Crippen LogP contribution < -0.4 is 5.32 Å². The molecule has 0 aliphatic rings. The van der Waals surface area contributed by atoms with Crippen LogP contribution in [0.1, 0.15) is 28.9 Å². The predicted molar refractivity (Wildman–Crippen MR) is 97.0 cm³/mol. The second-order valence-corrected chi connectivity index (χ2v) is 6.69. The van der Waals surface area contributed by atoms with Crippen LogP contribution in [0, 0.1) is 0 Å². The molecular weight excluding hydrogens is 392 g/mol. The van der Waals surface area contributed by atoms with Crippen molar-refractivity contribution in [3.63, 3.8) is 0 Å². The second-order valence-electron chi connectivity index (χ2n) is 4.98. The quantitative estimate of drug-likeness (QED) is 0.583. The number of aromatic nitrogens is 1. The first-order chi connectivity index (χ1) is 11.5. The minimum absolute atomic E-state index is 0.176. The SMILES string of the molecule is CSc1ncccc1C(=O)OCC(=O)NC(C)c1ccc(Br)cc1. The number of ether oxygens (including phenoxy) is 1. The first kappa shape index (κ1) is 18.5. The maximum absolute atomic E-state index is 12.1. The lowest BCUT2D eigenvalue weighted by atomic mass is 10.1. The van der Waals surface area contributed by atoms with Crippen molar-refractivity contribution in [2.24, 2.45) is 0 Å². The fourth-order valence-electron chi connectivity index (χ4n) is 2.04. The average molecular weight is 409 g/mol. The number of esters is 1. The molecular formula is C17H17BrN2O3S. The molecule has 0 saturated carbocycles. The topological polar surface area (TPSA) is 68.3 Å². The van der Waals surface area contributed by atoms with E-state index in [4.69, 9.17) is 4.74 Å². The Balaban J connectivity index is 1.88. The highest BCUT2D eigenvalue weighted by Crippen LogP contribution is 2.18. The Labute approximate surface area is 153 Å². The van der Waals surface area contributed by atoms with Gasteiger partial charge in [-0.3, -0.25) is 4.79 Å². The largest absolute Gasteiger partial charge is 0.452 e. The molecule has 0 aliphatic heterocycles. The van der Waals surface area contributed by atoms with Gasteiger partial charge in [0, 0.05) is 10.7 Å². The van der Waals surface area contributed by atoms with Gasteiger partial charge in [0.25, 0.3) is 5.91 Å². The third-order valence-electron chi connectivity index (χ3n) is 3.27. The third-order valence-corrected chi connectivity index (χ3v) is 4.51. The molecule has 0 saturated heterocycles. The Morgan fingerprint density at radius 3 is 2.67 bits per heavy atom. The first-order valence-corrected chi connectivity index (χ1v) is 9.24. The number of halogens is 1. The van der Waals surface area contributed by atoms with Crippen LogP contribution >= 0.6 is 27.7 Å². The number of pyridine rings is 1. The van der Waals surface area contributed by atoms with E-state index in [0.29, 0.717) is 10.6 Å². The number of nitrogens with zero attached hydrogens (tertiary/aromatic N) is 1. The zero-order valence-corrected chi connectivity index (χ0v) is 15.7. The van der Waals surface area contributed by atoms with Crippen molar-refractivity contribution in [2.75, 3.05) is 12.9 Å². The van der Waals surface area contributed by atoms with Gasteiger partial charge in [-0.05, 0) is 43.0 Å². The Kier molecular flexibility index (Phi) is 6.81. The van der Waals surface area contributed by atoms with Crippen molar-refractivity contribution in [1.82, 2.24) is 10.3 Å². The standard InChI is InChI=1S/C17H17BrN2O3S/c1-11(12-5-7-13(18)8-6-12)20-15(21)10-23-17(22)14-4-3-9-19-16(14)24-2/h3-9,11H,10H2,1-2H3,(H,20,21). The Morgan fingerprint density at radius 1 is 1.29 bits per heavy atom. The van der Waals surface area contributed by atoms with Gasteiger partial charge in [0.15, 0.2) is 6.61 Å². The number of benzene rings is 1. The van der Waals surface area contributed by atoms with Crippen LogP contribution in [0.25, 0.3) is 0 Å². The summed E-state index contributed by atoms with van der Waals surface area (Å²) in [4.78, 5) is 28.1. The molecule has 24 heavy (non-hydrogen) atoms. The summed E-state index contributed by atoms with van der Waals surface area (Å²) in [6.45, 7) is 1.54. The minimum atomic E-state index is -0.557. The molecule has 1 aromatic heterocycles. The molecule has 0 radical (unpaired) electrons. The van der Waals surface area contributed by atoms with E-state index in [1.807, 2.05) is 37.4 Å². The van der Waals surface area contributed by atoms with Gasteiger partial charge in [-0.25, -0.2) is 9.78 Å². The molecule has 2 aromatic rings. The maximum atomic E-state index is 12.1. The van der Waals surface area contributed by atoms with Crippen LogP contribution in [0.4, 0.5) is 0 Å². The predicted octanol–water partition coefficient (Wildman–Crippen LogP) is 3.60. The number of nitrogens with one attached hydrogen (secondary N) is 1. The Hall–Kier alpha value is -1.86. The monoisotopic (exact) mass is 408 g/mol. The van der Waals surface area contributed by atoms with E-state index in [0.717, 1.165) is 10.0 Å². The summed E-state index contributed by atoms with van der Waals surface area (Å²) >= 11 is 4.72. The number of hydrogen-bond donors (Lipinski definition) is 1. The number of amides is 1. The number of hydrogen-bond acceptors (Lipinski definition) is 5. The van der Waals surface area contributed by atoms with E-state index in [1.54, 1.807) is 18.3 Å². The Bertz CT molecular complexity index is 722. The zero-order valence-electron chi connectivity index (χ0n) is 13.3. The molecule has 0 bridgehead atoms. The summed E-state index contributed by atoms with van der Waals surface area (Å²) < 4.78 is 6.05. The Morgan fingerprint density at radius 2 is 2.00 bits per heavy atom. The minimum Gasteiger partial charge on any atom is -0.452 e. The van der Waals surface area contributed by atoms with Crippen molar-refractivity contribution in [3.05, 3.63) is 58.2 Å². The summed E-state index contributed by atoms with van der Waals surface area (Å²) in [5, 5.41) is 3.37. The van der Waals surface area contributed by atoms with E-state index >= 15 is 0 Å². The molecule has 1 amide bonds. The fraction of sp³-hybridized carbons (Fsp3) is 0.235. The van der Waals surface area contributed by atoms with Crippen LogP contribution in [0.5, 0.6) is 0 Å². The average Bonchev–Trinajstić information content (AvgIpc) is 2.60. The van der Waals surface area contributed by atoms with Gasteiger partial charge >= 0.3 is 5.97 Å². The van der Waals surface area contributed by atoms with Crippen LogP contribution in [-0.4, -0.2) is 29.7 Å². The van der Waals surface area contributed by atoms with Crippen molar-refractivity contribution in [3.8, 4) is 0 Å². The second kappa shape index (κ2) is 8.84. The third kappa shape index (κ3) is 5.07. The molecule has 0 fully saturated rings. The first-order valence-electron chi connectivity index (χ1n) is 7.22. The van der Waals surface area contributed by atoms with Gasteiger partial charge in [0.1, 0.15) is 5.03 Å². The lowest BCUT2D eigenvalue weighted by Crippen LogP contribution is -2.31. The van der Waals surface area contributed by atoms with Crippen molar-refractivity contribution >= 4 is 39.6 Å². The summed E-state index contributed by atoms with van der Waals surface area (Å²) in [5.41, 5.74) is 1.33. The lowest BCUT2D eigenvalue weighted by Gasteiger charge is -2.14. The highest BCUT2D eigenvalue weighted by atomic mass is 79.9. The molecule has 2 rings (SSSR count). The highest BCUT2D eigenvalue weighted by molar-refractivity contribution is 9.10. The van der Waals surface area contributed by atoms with Gasteiger partial charge in [0.2, 0.25) is 0 Å². The van der Waals surface area contributed by atoms with E-state index in [9.17, 15) is 9.59 Å². The summed E-state index contributed by atoms with van der Waals surface area (Å²) in [7, 11) is 0. The van der Waals surface area contributed by atoms with E-state index in [-0.39, 0.29) is 18.6 Å². The molecule has 1 aromatic carbocycles. The normalized spacial score (nSPS) is 11.6. The maximum Gasteiger partial charge on any atom is 0.341 e. The molecule has 5 nitrogen and oxygen atoms in total. The van der Waals surface area contributed by atoms with Crippen LogP contribution in [0.15, 0.2) is 52.1 Å². The molecule has 1 unspecified atom stereocenters. The van der Waals surface area contributed by atoms with Gasteiger partial charge in [0.05, 0.1) is 11.6 Å². The van der Waals surface area contributed by atoms with Crippen molar-refractivity contribution in [1.29, 1.82) is 0 Å². The fourth-order valence-corrected chi connectivity index (χ4v) is 2.84. The molecule has 7 heteroatoms. The molecule has 126 valence electrons. The van der Waals surface area contributed by atoms with Gasteiger partial charge in [-0.1, -0.05) is 28.1 Å². The molecule has 1 heterocycles. The lowest BCUT2D eigenvalue weighted by molar-refractivity contribution is -0.124. The smallest absolute Gasteiger partial charge is 0.341 e. The van der Waals surface area contributed by atoms with Crippen LogP contribution in [0.2, 0.25) is 0 Å². The summed E-state index contributed by atoms with van der Waals surface area (Å²) in [5.74, 6) is -0.910. The van der Waals surface area contributed by atoms with Gasteiger partial charge < -0.3 is 10.1 Å². The molecule has 1 N–H and O–H groups in total. The number of carbonyl (C=O) groups excluding carboxylic acids is 2. The van der Waals surface area contributed by atoms with E-state index in [1.165, 1.54) is 11.8 Å². The molecule has 0 aliphatic carbocycles. The molecule has 1 atom stereocenters.